The van der Waals surface area contributed by atoms with Crippen molar-refractivity contribution in [2.75, 3.05) is 13.1 Å². The van der Waals surface area contributed by atoms with Gasteiger partial charge < -0.3 is 9.32 Å². The van der Waals surface area contributed by atoms with Crippen LogP contribution in [0.15, 0.2) is 59.2 Å². The third kappa shape index (κ3) is 3.28. The maximum atomic E-state index is 13.0. The fraction of sp³-hybridized carbons (Fsp3) is 0.292. The topological polar surface area (TPSA) is 63.6 Å². The zero-order chi connectivity index (χ0) is 20.5. The van der Waals surface area contributed by atoms with E-state index in [1.807, 2.05) is 64.0 Å². The Morgan fingerprint density at radius 1 is 1.20 bits per heavy atom. The summed E-state index contributed by atoms with van der Waals surface area (Å²) in [7, 11) is 0. The SMILES string of the molecule is CCc1oc2ccccc2c1/C=C/C(=O)N1CCCC(c2nnc3ccccn23)C1. The number of benzene rings is 1. The van der Waals surface area contributed by atoms with E-state index in [1.165, 1.54) is 0 Å². The first-order valence-electron chi connectivity index (χ1n) is 10.5. The zero-order valence-electron chi connectivity index (χ0n) is 17.0. The Morgan fingerprint density at radius 2 is 2.07 bits per heavy atom. The van der Waals surface area contributed by atoms with Gasteiger partial charge in [0.25, 0.3) is 0 Å². The number of carbonyl (C=O) groups is 1. The second-order valence-corrected chi connectivity index (χ2v) is 7.73. The highest BCUT2D eigenvalue weighted by molar-refractivity contribution is 5.96. The molecular formula is C24H24N4O2. The van der Waals surface area contributed by atoms with Crippen molar-refractivity contribution in [2.24, 2.45) is 0 Å². The van der Waals surface area contributed by atoms with Crippen molar-refractivity contribution in [1.29, 1.82) is 0 Å². The minimum Gasteiger partial charge on any atom is -0.460 e. The molecule has 30 heavy (non-hydrogen) atoms. The Labute approximate surface area is 174 Å². The van der Waals surface area contributed by atoms with Crippen LogP contribution in [0.4, 0.5) is 0 Å². The Bertz CT molecular complexity index is 1240. The van der Waals surface area contributed by atoms with Crippen molar-refractivity contribution in [3.05, 3.63) is 71.9 Å². The molecule has 6 heteroatoms. The average Bonchev–Trinajstić information content (AvgIpc) is 3.39. The highest BCUT2D eigenvalue weighted by Crippen LogP contribution is 2.29. The van der Waals surface area contributed by atoms with Crippen LogP contribution in [0.3, 0.4) is 0 Å². The van der Waals surface area contributed by atoms with E-state index >= 15 is 0 Å². The van der Waals surface area contributed by atoms with E-state index in [4.69, 9.17) is 4.42 Å². The van der Waals surface area contributed by atoms with Crippen molar-refractivity contribution in [3.8, 4) is 0 Å². The van der Waals surface area contributed by atoms with Gasteiger partial charge in [-0.15, -0.1) is 10.2 Å². The van der Waals surface area contributed by atoms with Crippen molar-refractivity contribution in [1.82, 2.24) is 19.5 Å². The molecule has 152 valence electrons. The molecule has 1 atom stereocenters. The van der Waals surface area contributed by atoms with Crippen LogP contribution in [-0.2, 0) is 11.2 Å². The van der Waals surface area contributed by atoms with Gasteiger partial charge in [-0.05, 0) is 37.1 Å². The molecule has 0 radical (unpaired) electrons. The molecule has 1 aliphatic heterocycles. The number of amides is 1. The van der Waals surface area contributed by atoms with Crippen LogP contribution in [0, 0.1) is 0 Å². The molecule has 1 aliphatic rings. The molecule has 4 aromatic rings. The zero-order valence-corrected chi connectivity index (χ0v) is 17.0. The molecule has 5 rings (SSSR count). The largest absolute Gasteiger partial charge is 0.460 e. The second kappa shape index (κ2) is 7.78. The molecule has 6 nitrogen and oxygen atoms in total. The maximum absolute atomic E-state index is 13.0. The van der Waals surface area contributed by atoms with Crippen molar-refractivity contribution >= 4 is 28.6 Å². The molecule has 1 aromatic carbocycles. The normalized spacial score (nSPS) is 17.4. The fourth-order valence-electron chi connectivity index (χ4n) is 4.35. The summed E-state index contributed by atoms with van der Waals surface area (Å²) in [5.41, 5.74) is 2.70. The average molecular weight is 400 g/mol. The first kappa shape index (κ1) is 18.6. The lowest BCUT2D eigenvalue weighted by Crippen LogP contribution is -2.38. The van der Waals surface area contributed by atoms with Crippen LogP contribution in [-0.4, -0.2) is 38.5 Å². The van der Waals surface area contributed by atoms with Gasteiger partial charge in [-0.3, -0.25) is 9.20 Å². The number of rotatable bonds is 4. The summed E-state index contributed by atoms with van der Waals surface area (Å²) < 4.78 is 7.97. The Morgan fingerprint density at radius 3 is 2.97 bits per heavy atom. The molecule has 0 aliphatic carbocycles. The van der Waals surface area contributed by atoms with Gasteiger partial charge in [0.2, 0.25) is 5.91 Å². The van der Waals surface area contributed by atoms with Crippen LogP contribution >= 0.6 is 0 Å². The first-order valence-corrected chi connectivity index (χ1v) is 10.5. The Kier molecular flexibility index (Phi) is 4.83. The number of piperidine rings is 1. The van der Waals surface area contributed by atoms with Gasteiger partial charge in [0.1, 0.15) is 17.2 Å². The van der Waals surface area contributed by atoms with E-state index in [0.717, 1.165) is 59.6 Å². The molecule has 0 spiro atoms. The summed E-state index contributed by atoms with van der Waals surface area (Å²) in [6.45, 7) is 3.49. The smallest absolute Gasteiger partial charge is 0.246 e. The molecule has 4 heterocycles. The van der Waals surface area contributed by atoms with Crippen LogP contribution < -0.4 is 0 Å². The lowest BCUT2D eigenvalue weighted by molar-refractivity contribution is -0.127. The molecule has 1 amide bonds. The summed E-state index contributed by atoms with van der Waals surface area (Å²) in [6, 6.07) is 13.8. The second-order valence-electron chi connectivity index (χ2n) is 7.73. The van der Waals surface area contributed by atoms with E-state index in [1.54, 1.807) is 6.08 Å². The number of hydrogen-bond acceptors (Lipinski definition) is 4. The molecule has 1 fully saturated rings. The summed E-state index contributed by atoms with van der Waals surface area (Å²) in [5, 5.41) is 9.71. The minimum atomic E-state index is 0.0286. The third-order valence-electron chi connectivity index (χ3n) is 5.86. The number of pyridine rings is 1. The van der Waals surface area contributed by atoms with E-state index < -0.39 is 0 Å². The van der Waals surface area contributed by atoms with Crippen molar-refractivity contribution in [2.45, 2.75) is 32.1 Å². The summed E-state index contributed by atoms with van der Waals surface area (Å²) >= 11 is 0. The van der Waals surface area contributed by atoms with Gasteiger partial charge in [0.15, 0.2) is 5.65 Å². The van der Waals surface area contributed by atoms with Gasteiger partial charge in [-0.25, -0.2) is 0 Å². The molecule has 1 saturated heterocycles. The molecule has 0 saturated carbocycles. The highest BCUT2D eigenvalue weighted by Gasteiger charge is 2.27. The van der Waals surface area contributed by atoms with Crippen molar-refractivity contribution in [3.63, 3.8) is 0 Å². The van der Waals surface area contributed by atoms with E-state index in [2.05, 4.69) is 17.1 Å². The predicted octanol–water partition coefficient (Wildman–Crippen LogP) is 4.46. The molecular weight excluding hydrogens is 376 g/mol. The van der Waals surface area contributed by atoms with Crippen LogP contribution in [0.5, 0.6) is 0 Å². The number of hydrogen-bond donors (Lipinski definition) is 0. The van der Waals surface area contributed by atoms with Crippen LogP contribution in [0.1, 0.15) is 42.8 Å². The van der Waals surface area contributed by atoms with Gasteiger partial charge in [0, 0.05) is 48.7 Å². The summed E-state index contributed by atoms with van der Waals surface area (Å²) in [6.07, 6.45) is 8.33. The van der Waals surface area contributed by atoms with Gasteiger partial charge in [0.05, 0.1) is 0 Å². The first-order chi connectivity index (χ1) is 14.7. The molecule has 0 bridgehead atoms. The van der Waals surface area contributed by atoms with Gasteiger partial charge in [-0.2, -0.15) is 0 Å². The molecule has 1 unspecified atom stereocenters. The Balaban J connectivity index is 1.37. The van der Waals surface area contributed by atoms with E-state index in [0.29, 0.717) is 6.54 Å². The van der Waals surface area contributed by atoms with Crippen molar-refractivity contribution < 1.29 is 9.21 Å². The van der Waals surface area contributed by atoms with Gasteiger partial charge >= 0.3 is 0 Å². The number of aryl methyl sites for hydroxylation is 1. The predicted molar refractivity (Wildman–Crippen MR) is 116 cm³/mol. The Hall–Kier alpha value is -3.41. The van der Waals surface area contributed by atoms with E-state index in [9.17, 15) is 4.79 Å². The van der Waals surface area contributed by atoms with Crippen LogP contribution in [0.2, 0.25) is 0 Å². The fourth-order valence-corrected chi connectivity index (χ4v) is 4.35. The van der Waals surface area contributed by atoms with Gasteiger partial charge in [-0.1, -0.05) is 31.2 Å². The lowest BCUT2D eigenvalue weighted by atomic mass is 9.97. The maximum Gasteiger partial charge on any atom is 0.246 e. The molecule has 3 aromatic heterocycles. The quantitative estimate of drug-likeness (QED) is 0.475. The number of nitrogens with zero attached hydrogens (tertiary/aromatic N) is 4. The molecule has 0 N–H and O–H groups in total. The number of carbonyl (C=O) groups excluding carboxylic acids is 1. The minimum absolute atomic E-state index is 0.0286. The number of likely N-dealkylation sites (tertiary alicyclic amines) is 1. The summed E-state index contributed by atoms with van der Waals surface area (Å²) in [4.78, 5) is 14.9. The number of aromatic nitrogens is 3. The number of fused-ring (bicyclic) bond motifs is 2. The van der Waals surface area contributed by atoms with Crippen LogP contribution in [0.25, 0.3) is 22.7 Å². The monoisotopic (exact) mass is 400 g/mol. The third-order valence-corrected chi connectivity index (χ3v) is 5.86. The van der Waals surface area contributed by atoms with E-state index in [-0.39, 0.29) is 11.8 Å². The number of furan rings is 1. The lowest BCUT2D eigenvalue weighted by Gasteiger charge is -2.31. The summed E-state index contributed by atoms with van der Waals surface area (Å²) in [5.74, 6) is 2.06. The number of para-hydroxylation sites is 1. The highest BCUT2D eigenvalue weighted by atomic mass is 16.3. The standard InChI is InChI=1S/C24H24N4O2/c1-2-20-19(18-9-3-4-10-21(18)30-20)12-13-23(29)27-14-7-8-17(16-27)24-26-25-22-11-5-6-15-28(22)24/h3-6,9-13,15,17H,2,7-8,14,16H2,1H3/b13-12+.